The lowest BCUT2D eigenvalue weighted by atomic mass is 10.0. The number of carbonyl (C=O) groups is 2. The van der Waals surface area contributed by atoms with Crippen LogP contribution in [0.5, 0.6) is 0 Å². The molecule has 6 heteroatoms. The number of aromatic nitrogens is 1. The van der Waals surface area contributed by atoms with Crippen LogP contribution in [0.4, 0.5) is 4.79 Å². The van der Waals surface area contributed by atoms with Gasteiger partial charge in [0.1, 0.15) is 12.6 Å². The zero-order chi connectivity index (χ0) is 14.3. The highest BCUT2D eigenvalue weighted by atomic mass is 16.5. The van der Waals surface area contributed by atoms with Crippen molar-refractivity contribution in [1.29, 1.82) is 0 Å². The van der Waals surface area contributed by atoms with Crippen LogP contribution in [-0.2, 0) is 16.1 Å². The molecule has 0 saturated carbocycles. The van der Waals surface area contributed by atoms with Crippen LogP contribution in [0.1, 0.15) is 25.8 Å². The van der Waals surface area contributed by atoms with Crippen LogP contribution in [0.3, 0.4) is 0 Å². The van der Waals surface area contributed by atoms with Crippen molar-refractivity contribution in [3.63, 3.8) is 0 Å². The number of carboxylic acid groups (broad SMARTS) is 1. The highest BCUT2D eigenvalue weighted by Gasteiger charge is 2.21. The van der Waals surface area contributed by atoms with E-state index in [1.165, 1.54) is 0 Å². The zero-order valence-corrected chi connectivity index (χ0v) is 11.0. The fourth-order valence-electron chi connectivity index (χ4n) is 1.51. The molecule has 0 fully saturated rings. The molecule has 0 radical (unpaired) electrons. The summed E-state index contributed by atoms with van der Waals surface area (Å²) in [5.74, 6) is -0.897. The molecule has 0 aromatic carbocycles. The van der Waals surface area contributed by atoms with Gasteiger partial charge in [0, 0.05) is 18.0 Å². The van der Waals surface area contributed by atoms with Crippen molar-refractivity contribution in [2.75, 3.05) is 0 Å². The fourth-order valence-corrected chi connectivity index (χ4v) is 1.51. The molecule has 0 aliphatic carbocycles. The van der Waals surface area contributed by atoms with Gasteiger partial charge in [0.25, 0.3) is 0 Å². The molecule has 1 heterocycles. The number of aliphatic carboxylic acids is 1. The predicted molar refractivity (Wildman–Crippen MR) is 68.4 cm³/mol. The smallest absolute Gasteiger partial charge is 0.408 e. The van der Waals surface area contributed by atoms with Crippen molar-refractivity contribution >= 4 is 12.1 Å². The quantitative estimate of drug-likeness (QED) is 0.819. The van der Waals surface area contributed by atoms with Gasteiger partial charge in [0.05, 0.1) is 0 Å². The SMILES string of the molecule is CC(C)CC(NC(=O)OCc1cccnc1)C(=O)O. The number of carbonyl (C=O) groups excluding carboxylic acids is 1. The molecule has 6 nitrogen and oxygen atoms in total. The monoisotopic (exact) mass is 266 g/mol. The first-order chi connectivity index (χ1) is 8.99. The van der Waals surface area contributed by atoms with Gasteiger partial charge in [-0.3, -0.25) is 4.98 Å². The highest BCUT2D eigenvalue weighted by Crippen LogP contribution is 2.06. The van der Waals surface area contributed by atoms with Crippen LogP contribution in [0.15, 0.2) is 24.5 Å². The second kappa shape index (κ2) is 7.35. The standard InChI is InChI=1S/C13H18N2O4/c1-9(2)6-11(12(16)17)15-13(18)19-8-10-4-3-5-14-7-10/h3-5,7,9,11H,6,8H2,1-2H3,(H,15,18)(H,16,17). The molecule has 0 saturated heterocycles. The Labute approximate surface area is 111 Å². The molecule has 0 spiro atoms. The molecule has 104 valence electrons. The number of rotatable bonds is 6. The maximum atomic E-state index is 11.5. The number of hydrogen-bond donors (Lipinski definition) is 2. The lowest BCUT2D eigenvalue weighted by Gasteiger charge is -2.16. The third-order valence-corrected chi connectivity index (χ3v) is 2.39. The second-order valence-electron chi connectivity index (χ2n) is 4.60. The third-order valence-electron chi connectivity index (χ3n) is 2.39. The van der Waals surface area contributed by atoms with Gasteiger partial charge in [0.15, 0.2) is 0 Å². The van der Waals surface area contributed by atoms with Crippen molar-refractivity contribution in [3.8, 4) is 0 Å². The summed E-state index contributed by atoms with van der Waals surface area (Å²) in [4.78, 5) is 26.3. The van der Waals surface area contributed by atoms with Gasteiger partial charge in [-0.25, -0.2) is 9.59 Å². The average molecular weight is 266 g/mol. The molecule has 1 rings (SSSR count). The summed E-state index contributed by atoms with van der Waals surface area (Å²) in [6.07, 6.45) is 2.82. The summed E-state index contributed by atoms with van der Waals surface area (Å²) in [7, 11) is 0. The lowest BCUT2D eigenvalue weighted by molar-refractivity contribution is -0.139. The van der Waals surface area contributed by atoms with Crippen LogP contribution in [0.2, 0.25) is 0 Å². The molecular weight excluding hydrogens is 248 g/mol. The summed E-state index contributed by atoms with van der Waals surface area (Å²) in [5.41, 5.74) is 0.744. The summed E-state index contributed by atoms with van der Waals surface area (Å²) >= 11 is 0. The van der Waals surface area contributed by atoms with Gasteiger partial charge < -0.3 is 15.2 Å². The molecule has 2 N–H and O–H groups in total. The number of alkyl carbamates (subject to hydrolysis) is 1. The van der Waals surface area contributed by atoms with Gasteiger partial charge in [0.2, 0.25) is 0 Å². The van der Waals surface area contributed by atoms with E-state index >= 15 is 0 Å². The summed E-state index contributed by atoms with van der Waals surface area (Å²) in [5, 5.41) is 11.3. The maximum Gasteiger partial charge on any atom is 0.408 e. The number of amides is 1. The van der Waals surface area contributed by atoms with Gasteiger partial charge in [-0.15, -0.1) is 0 Å². The molecule has 19 heavy (non-hydrogen) atoms. The summed E-state index contributed by atoms with van der Waals surface area (Å²) in [6.45, 7) is 3.84. The van der Waals surface area contributed by atoms with Crippen LogP contribution in [-0.4, -0.2) is 28.2 Å². The minimum absolute atomic E-state index is 0.0632. The first kappa shape index (κ1) is 14.9. The summed E-state index contributed by atoms with van der Waals surface area (Å²) in [6, 6.07) is 2.57. The van der Waals surface area contributed by atoms with Crippen LogP contribution >= 0.6 is 0 Å². The Morgan fingerprint density at radius 2 is 2.21 bits per heavy atom. The second-order valence-corrected chi connectivity index (χ2v) is 4.60. The third kappa shape index (κ3) is 5.85. The van der Waals surface area contributed by atoms with Crippen molar-refractivity contribution in [3.05, 3.63) is 30.1 Å². The fraction of sp³-hybridized carbons (Fsp3) is 0.462. The van der Waals surface area contributed by atoms with E-state index in [9.17, 15) is 9.59 Å². The molecule has 1 amide bonds. The normalized spacial score (nSPS) is 11.9. The largest absolute Gasteiger partial charge is 0.480 e. The Kier molecular flexibility index (Phi) is 5.78. The first-order valence-electron chi connectivity index (χ1n) is 6.04. The maximum absolute atomic E-state index is 11.5. The number of carboxylic acids is 1. The molecule has 1 aromatic rings. The number of pyridine rings is 1. The van der Waals surface area contributed by atoms with Crippen LogP contribution in [0.25, 0.3) is 0 Å². The van der Waals surface area contributed by atoms with E-state index in [1.807, 2.05) is 13.8 Å². The summed E-state index contributed by atoms with van der Waals surface area (Å²) < 4.78 is 4.94. The molecule has 1 atom stereocenters. The Balaban J connectivity index is 2.42. The van der Waals surface area contributed by atoms with E-state index in [4.69, 9.17) is 9.84 Å². The first-order valence-corrected chi connectivity index (χ1v) is 6.04. The number of hydrogen-bond acceptors (Lipinski definition) is 4. The Hall–Kier alpha value is -2.11. The molecule has 1 unspecified atom stereocenters. The minimum Gasteiger partial charge on any atom is -0.480 e. The molecule has 1 aromatic heterocycles. The van der Waals surface area contributed by atoms with Gasteiger partial charge >= 0.3 is 12.1 Å². The molecule has 0 aliphatic rings. The molecular formula is C13H18N2O4. The molecule has 0 aliphatic heterocycles. The average Bonchev–Trinajstić information content (AvgIpc) is 2.36. The van der Waals surface area contributed by atoms with Gasteiger partial charge in [-0.2, -0.15) is 0 Å². The predicted octanol–water partition coefficient (Wildman–Crippen LogP) is 1.81. The van der Waals surface area contributed by atoms with E-state index in [0.29, 0.717) is 6.42 Å². The Morgan fingerprint density at radius 1 is 1.47 bits per heavy atom. The van der Waals surface area contributed by atoms with Crippen molar-refractivity contribution in [2.24, 2.45) is 5.92 Å². The van der Waals surface area contributed by atoms with E-state index in [2.05, 4.69) is 10.3 Å². The van der Waals surface area contributed by atoms with Crippen molar-refractivity contribution in [2.45, 2.75) is 32.9 Å². The van der Waals surface area contributed by atoms with Crippen LogP contribution in [0, 0.1) is 5.92 Å². The van der Waals surface area contributed by atoms with Gasteiger partial charge in [-0.05, 0) is 18.4 Å². The van der Waals surface area contributed by atoms with E-state index in [0.717, 1.165) is 5.56 Å². The Bertz CT molecular complexity index is 420. The van der Waals surface area contributed by atoms with E-state index < -0.39 is 18.1 Å². The lowest BCUT2D eigenvalue weighted by Crippen LogP contribution is -2.41. The Morgan fingerprint density at radius 3 is 2.74 bits per heavy atom. The number of nitrogens with zero attached hydrogens (tertiary/aromatic N) is 1. The number of nitrogens with one attached hydrogen (secondary N) is 1. The molecule has 0 bridgehead atoms. The van der Waals surface area contributed by atoms with E-state index in [-0.39, 0.29) is 12.5 Å². The van der Waals surface area contributed by atoms with Gasteiger partial charge in [-0.1, -0.05) is 19.9 Å². The van der Waals surface area contributed by atoms with Crippen molar-refractivity contribution < 1.29 is 19.4 Å². The minimum atomic E-state index is -1.06. The van der Waals surface area contributed by atoms with Crippen LogP contribution < -0.4 is 5.32 Å². The topological polar surface area (TPSA) is 88.5 Å². The zero-order valence-electron chi connectivity index (χ0n) is 11.0. The van der Waals surface area contributed by atoms with E-state index in [1.54, 1.807) is 24.5 Å². The number of ether oxygens (including phenoxy) is 1. The highest BCUT2D eigenvalue weighted by molar-refractivity contribution is 5.79. The van der Waals surface area contributed by atoms with Crippen molar-refractivity contribution in [1.82, 2.24) is 10.3 Å².